The summed E-state index contributed by atoms with van der Waals surface area (Å²) in [5.41, 5.74) is 6.16. The van der Waals surface area contributed by atoms with Crippen LogP contribution >= 0.6 is 11.6 Å². The maximum absolute atomic E-state index is 14.8. The van der Waals surface area contributed by atoms with E-state index in [1.54, 1.807) is 19.9 Å². The Morgan fingerprint density at radius 2 is 1.23 bits per heavy atom. The van der Waals surface area contributed by atoms with Gasteiger partial charge in [-0.1, -0.05) is 11.6 Å². The molecule has 0 saturated heterocycles. The summed E-state index contributed by atoms with van der Waals surface area (Å²) in [4.78, 5) is 66.6. The predicted molar refractivity (Wildman–Crippen MR) is 223 cm³/mol. The Kier molecular flexibility index (Phi) is 11.8. The molecule has 0 unspecified atom stereocenters. The normalized spacial score (nSPS) is 14.0. The molecule has 318 valence electrons. The molecular weight excluding hydrogens is 833 g/mol. The number of pyridine rings is 2. The van der Waals surface area contributed by atoms with Gasteiger partial charge in [0.05, 0.1) is 10.8 Å². The average Bonchev–Trinajstić information content (AvgIpc) is 4.17. The fourth-order valence-corrected chi connectivity index (χ4v) is 6.42. The van der Waals surface area contributed by atoms with Gasteiger partial charge >= 0.3 is 0 Å². The minimum Gasteiger partial charge on any atom is -0.453 e. The fraction of sp³-hybridized carbons (Fsp3) is 0.190. The molecule has 0 aliphatic heterocycles. The van der Waals surface area contributed by atoms with Crippen molar-refractivity contribution in [1.82, 2.24) is 30.4 Å². The van der Waals surface area contributed by atoms with E-state index in [2.05, 4.69) is 46.3 Å². The van der Waals surface area contributed by atoms with Gasteiger partial charge in [0.1, 0.15) is 33.2 Å². The highest BCUT2D eigenvalue weighted by Gasteiger charge is 2.57. The van der Waals surface area contributed by atoms with Crippen LogP contribution in [0.15, 0.2) is 90.0 Å². The van der Waals surface area contributed by atoms with Gasteiger partial charge in [0.2, 0.25) is 29.1 Å². The number of anilines is 3. The van der Waals surface area contributed by atoms with Crippen molar-refractivity contribution in [3.63, 3.8) is 0 Å². The number of nitrogens with two attached hydrogens (primary N) is 1. The zero-order chi connectivity index (χ0) is 44.3. The molecule has 7 aromatic rings. The molecule has 2 aliphatic rings. The number of aromatic amines is 3. The van der Waals surface area contributed by atoms with Crippen molar-refractivity contribution in [3.8, 4) is 11.5 Å². The third-order valence-corrected chi connectivity index (χ3v) is 10.5. The summed E-state index contributed by atoms with van der Waals surface area (Å²) in [5, 5.41) is 22.6. The van der Waals surface area contributed by atoms with Crippen LogP contribution in [0, 0.1) is 42.1 Å². The Morgan fingerprint density at radius 3 is 1.77 bits per heavy atom. The molecule has 2 aliphatic carbocycles. The van der Waals surface area contributed by atoms with Crippen LogP contribution in [0.1, 0.15) is 37.1 Å². The smallest absolute Gasteiger partial charge is 0.240 e. The molecule has 0 atom stereocenters. The zero-order valence-electron chi connectivity index (χ0n) is 32.8. The van der Waals surface area contributed by atoms with Crippen LogP contribution in [0.3, 0.4) is 0 Å². The maximum Gasteiger partial charge on any atom is 0.240 e. The van der Waals surface area contributed by atoms with Crippen molar-refractivity contribution in [2.45, 2.75) is 39.5 Å². The van der Waals surface area contributed by atoms with Gasteiger partial charge < -0.3 is 31.4 Å². The standard InChI is InChI=1S/C24H19F2N5O3.C11H11FN2O2.C7H6ClN3O/c1-13-20-19(8-11-27-21(20)31-30-13)34-18-7-6-16(12-17(18)26)29-23(33)24(9-10-24)22(32)28-15-4-2-14(25)3-5-15;12-7-1-3-8(4-2-7)14-10(16)11(5-6-11)9(13)15;1-3-5-6(12)4(8)2-9-7(5)11-10-3/h2-8,11-12H,9-10H2,1H3,(H,28,32)(H,29,33)(H,27,30,31);1-4H,5-6H2,(H2,13,15)(H,14,16);2H,1H3,(H2,9,10,11,12). The number of aromatic nitrogens is 6. The first-order chi connectivity index (χ1) is 29.6. The number of rotatable bonds is 9. The SMILES string of the molecule is Cc1[nH]nc2[nH]cc(Cl)c(=O)c12.Cc1[nH]nc2nccc(Oc3ccc(NC(=O)C4(C(=O)Nc5ccc(F)cc5)CC4)cc3F)c12.NC(=O)C1(C(=O)Nc2ccc(F)cc2)CC1. The van der Waals surface area contributed by atoms with E-state index < -0.39 is 46.1 Å². The quantitative estimate of drug-likeness (QED) is 0.0743. The number of halogens is 4. The number of carbonyl (C=O) groups excluding carboxylic acids is 4. The van der Waals surface area contributed by atoms with Crippen LogP contribution in [-0.2, 0) is 19.2 Å². The number of amides is 4. The van der Waals surface area contributed by atoms with Crippen molar-refractivity contribution in [2.75, 3.05) is 16.0 Å². The molecule has 4 aromatic heterocycles. The lowest BCUT2D eigenvalue weighted by Gasteiger charge is -2.16. The molecule has 16 nitrogen and oxygen atoms in total. The number of ether oxygens (including phenoxy) is 1. The number of H-pyrrole nitrogens is 3. The van der Waals surface area contributed by atoms with Gasteiger partial charge in [-0.2, -0.15) is 10.2 Å². The molecule has 3 aromatic carbocycles. The van der Waals surface area contributed by atoms with Gasteiger partial charge in [-0.25, -0.2) is 18.2 Å². The maximum atomic E-state index is 14.8. The van der Waals surface area contributed by atoms with Crippen molar-refractivity contribution in [2.24, 2.45) is 16.6 Å². The minimum absolute atomic E-state index is 0.0405. The second-order valence-corrected chi connectivity index (χ2v) is 15.0. The topological polar surface area (TPSA) is 243 Å². The molecule has 9 rings (SSSR count). The van der Waals surface area contributed by atoms with Crippen molar-refractivity contribution in [1.29, 1.82) is 0 Å². The second-order valence-electron chi connectivity index (χ2n) is 14.5. The lowest BCUT2D eigenvalue weighted by Crippen LogP contribution is -2.36. The average molecular weight is 869 g/mol. The van der Waals surface area contributed by atoms with Crippen LogP contribution in [0.2, 0.25) is 5.02 Å². The minimum atomic E-state index is -1.25. The third-order valence-electron chi connectivity index (χ3n) is 10.2. The highest BCUT2D eigenvalue weighted by atomic mass is 35.5. The summed E-state index contributed by atoms with van der Waals surface area (Å²) < 4.78 is 46.2. The van der Waals surface area contributed by atoms with Crippen LogP contribution < -0.4 is 31.8 Å². The van der Waals surface area contributed by atoms with E-state index in [4.69, 9.17) is 22.1 Å². The monoisotopic (exact) mass is 868 g/mol. The van der Waals surface area contributed by atoms with Crippen molar-refractivity contribution >= 4 is 74.4 Å². The molecular formula is C42H36ClF3N10O6. The molecule has 4 amide bonds. The first-order valence-electron chi connectivity index (χ1n) is 18.8. The zero-order valence-corrected chi connectivity index (χ0v) is 33.5. The summed E-state index contributed by atoms with van der Waals surface area (Å²) in [6.45, 7) is 3.58. The Bertz CT molecular complexity index is 2910. The number of aryl methyl sites for hydroxylation is 2. The molecule has 2 fully saturated rings. The van der Waals surface area contributed by atoms with Gasteiger partial charge in [-0.3, -0.25) is 34.2 Å². The first-order valence-corrected chi connectivity index (χ1v) is 19.2. The number of nitrogens with one attached hydrogen (secondary N) is 6. The van der Waals surface area contributed by atoms with E-state index in [0.29, 0.717) is 64.9 Å². The van der Waals surface area contributed by atoms with E-state index in [1.165, 1.54) is 73.1 Å². The highest BCUT2D eigenvalue weighted by Crippen LogP contribution is 2.48. The Labute approximate surface area is 353 Å². The third kappa shape index (κ3) is 8.97. The van der Waals surface area contributed by atoms with Gasteiger partial charge in [-0.15, -0.1) is 0 Å². The molecule has 0 radical (unpaired) electrons. The Hall–Kier alpha value is -7.54. The van der Waals surface area contributed by atoms with E-state index in [0.717, 1.165) is 17.5 Å². The number of primary amides is 1. The second kappa shape index (κ2) is 17.2. The van der Waals surface area contributed by atoms with Gasteiger partial charge in [0.25, 0.3) is 0 Å². The summed E-state index contributed by atoms with van der Waals surface area (Å²) in [6, 6.07) is 16.2. The van der Waals surface area contributed by atoms with Gasteiger partial charge in [0.15, 0.2) is 22.9 Å². The summed E-state index contributed by atoms with van der Waals surface area (Å²) >= 11 is 5.63. The number of fused-ring (bicyclic) bond motifs is 2. The molecule has 62 heavy (non-hydrogen) atoms. The number of hydrogen-bond donors (Lipinski definition) is 7. The van der Waals surface area contributed by atoms with E-state index in [-0.39, 0.29) is 27.7 Å². The van der Waals surface area contributed by atoms with Crippen LogP contribution in [0.25, 0.3) is 22.1 Å². The number of nitrogens with zero attached hydrogens (tertiary/aromatic N) is 3. The van der Waals surface area contributed by atoms with E-state index in [1.807, 2.05) is 0 Å². The van der Waals surface area contributed by atoms with Crippen LogP contribution in [0.4, 0.5) is 30.2 Å². The van der Waals surface area contributed by atoms with Crippen molar-refractivity contribution in [3.05, 3.63) is 129 Å². The lowest BCUT2D eigenvalue weighted by atomic mass is 10.0. The van der Waals surface area contributed by atoms with E-state index in [9.17, 15) is 37.1 Å². The van der Waals surface area contributed by atoms with E-state index >= 15 is 0 Å². The fourth-order valence-electron chi connectivity index (χ4n) is 6.27. The molecule has 0 spiro atoms. The number of benzene rings is 3. The summed E-state index contributed by atoms with van der Waals surface area (Å²) in [6.07, 6.45) is 4.63. The van der Waals surface area contributed by atoms with Crippen LogP contribution in [-0.4, -0.2) is 54.0 Å². The molecule has 20 heteroatoms. The summed E-state index contributed by atoms with van der Waals surface area (Å²) in [5.74, 6) is -3.20. The predicted octanol–water partition coefficient (Wildman–Crippen LogP) is 6.94. The first kappa shape index (κ1) is 42.6. The number of hydrogen-bond acceptors (Lipinski definition) is 9. The largest absolute Gasteiger partial charge is 0.453 e. The van der Waals surface area contributed by atoms with Crippen molar-refractivity contribution < 1.29 is 37.1 Å². The number of carbonyl (C=O) groups is 4. The Balaban J connectivity index is 0.000000169. The van der Waals surface area contributed by atoms with Gasteiger partial charge in [-0.05, 0) is 106 Å². The van der Waals surface area contributed by atoms with Gasteiger partial charge in [0, 0.05) is 46.9 Å². The van der Waals surface area contributed by atoms with Crippen LogP contribution in [0.5, 0.6) is 11.5 Å². The highest BCUT2D eigenvalue weighted by molar-refractivity contribution is 6.31. The lowest BCUT2D eigenvalue weighted by molar-refractivity contribution is -0.133. The summed E-state index contributed by atoms with van der Waals surface area (Å²) in [7, 11) is 0. The molecule has 2 saturated carbocycles. The molecule has 4 heterocycles. The molecule has 0 bridgehead atoms. The Morgan fingerprint density at radius 1 is 0.710 bits per heavy atom. The molecule has 8 N–H and O–H groups in total.